The van der Waals surface area contributed by atoms with Gasteiger partial charge in [-0.05, 0) is 35.9 Å². The molecule has 2 saturated heterocycles. The summed E-state index contributed by atoms with van der Waals surface area (Å²) in [5.74, 6) is -0.458. The van der Waals surface area contributed by atoms with E-state index < -0.39 is 29.2 Å². The van der Waals surface area contributed by atoms with Crippen LogP contribution in [0.1, 0.15) is 16.7 Å². The lowest BCUT2D eigenvalue weighted by Crippen LogP contribution is -2.60. The molecule has 2 unspecified atom stereocenters. The first-order chi connectivity index (χ1) is 17.8. The van der Waals surface area contributed by atoms with E-state index in [2.05, 4.69) is 14.5 Å². The third-order valence-corrected chi connectivity index (χ3v) is 7.95. The van der Waals surface area contributed by atoms with E-state index in [9.17, 15) is 21.6 Å². The number of nitriles is 1. The van der Waals surface area contributed by atoms with Crippen molar-refractivity contribution >= 4 is 10.0 Å². The summed E-state index contributed by atoms with van der Waals surface area (Å²) in [5.41, 5.74) is 0.406. The van der Waals surface area contributed by atoms with Crippen LogP contribution in [0.3, 0.4) is 0 Å². The van der Waals surface area contributed by atoms with Gasteiger partial charge in [0.1, 0.15) is 20.0 Å². The first kappa shape index (κ1) is 27.3. The Kier molecular flexibility index (Phi) is 9.04. The van der Waals surface area contributed by atoms with Crippen LogP contribution in [0.25, 0.3) is 0 Å². The summed E-state index contributed by atoms with van der Waals surface area (Å²) < 4.78 is 79.6. The zero-order valence-electron chi connectivity index (χ0n) is 20.2. The van der Waals surface area contributed by atoms with Gasteiger partial charge in [-0.25, -0.2) is 26.3 Å². The number of nitrogens with one attached hydrogen (secondary N) is 1. The van der Waals surface area contributed by atoms with Crippen molar-refractivity contribution in [2.75, 3.05) is 52.4 Å². The van der Waals surface area contributed by atoms with Crippen LogP contribution in [-0.4, -0.2) is 82.8 Å². The lowest BCUT2D eigenvalue weighted by molar-refractivity contribution is -0.138. The monoisotopic (exact) mass is 538 g/mol. The Balaban J connectivity index is 1.22. The third-order valence-electron chi connectivity index (χ3n) is 6.39. The van der Waals surface area contributed by atoms with E-state index in [-0.39, 0.29) is 46.1 Å². The minimum atomic E-state index is -3.93. The molecule has 12 heteroatoms. The summed E-state index contributed by atoms with van der Waals surface area (Å²) in [6, 6.07) is 9.80. The SMILES string of the molecule is N#Cc1ccc(OCCN2CC3CN(CCNS(=O)(=O)c4ccc(CF)cc4CF)CC(C2)O3)c(F)c1. The molecule has 2 atom stereocenters. The van der Waals surface area contributed by atoms with Crippen LogP contribution in [0, 0.1) is 17.1 Å². The number of rotatable bonds is 11. The molecular weight excluding hydrogens is 509 g/mol. The summed E-state index contributed by atoms with van der Waals surface area (Å²) >= 11 is 0. The van der Waals surface area contributed by atoms with Crippen molar-refractivity contribution in [3.8, 4) is 11.8 Å². The van der Waals surface area contributed by atoms with Crippen molar-refractivity contribution in [1.82, 2.24) is 14.5 Å². The predicted octanol–water partition coefficient (Wildman–Crippen LogP) is 2.38. The molecule has 0 saturated carbocycles. The van der Waals surface area contributed by atoms with E-state index in [1.807, 2.05) is 6.07 Å². The second kappa shape index (κ2) is 12.2. The molecule has 0 aliphatic carbocycles. The highest BCUT2D eigenvalue weighted by Crippen LogP contribution is 2.22. The number of halogens is 3. The molecule has 2 aromatic carbocycles. The summed E-state index contributed by atoms with van der Waals surface area (Å²) in [6.45, 7) is 2.28. The lowest BCUT2D eigenvalue weighted by Gasteiger charge is -2.45. The highest BCUT2D eigenvalue weighted by molar-refractivity contribution is 7.89. The number of nitrogens with zero attached hydrogens (tertiary/aromatic N) is 3. The van der Waals surface area contributed by atoms with E-state index in [4.69, 9.17) is 14.7 Å². The maximum Gasteiger partial charge on any atom is 0.240 e. The Bertz CT molecular complexity index is 1230. The zero-order chi connectivity index (χ0) is 26.4. The number of hydrogen-bond donors (Lipinski definition) is 1. The first-order valence-corrected chi connectivity index (χ1v) is 13.5. The Morgan fingerprint density at radius 3 is 2.35 bits per heavy atom. The second-order valence-electron chi connectivity index (χ2n) is 9.11. The summed E-state index contributed by atoms with van der Waals surface area (Å²) in [7, 11) is -3.93. The molecule has 1 N–H and O–H groups in total. The summed E-state index contributed by atoms with van der Waals surface area (Å²) in [6.07, 6.45) is -0.107. The van der Waals surface area contributed by atoms with Crippen LogP contribution >= 0.6 is 0 Å². The number of alkyl halides is 2. The van der Waals surface area contributed by atoms with Crippen LogP contribution in [0.2, 0.25) is 0 Å². The van der Waals surface area contributed by atoms with Gasteiger partial charge in [0.05, 0.1) is 28.7 Å². The van der Waals surface area contributed by atoms with Crippen molar-refractivity contribution in [3.63, 3.8) is 0 Å². The Morgan fingerprint density at radius 2 is 1.73 bits per heavy atom. The van der Waals surface area contributed by atoms with Crippen LogP contribution in [0.4, 0.5) is 13.2 Å². The number of hydrogen-bond acceptors (Lipinski definition) is 7. The van der Waals surface area contributed by atoms with Gasteiger partial charge in [0.2, 0.25) is 10.0 Å². The lowest BCUT2D eigenvalue weighted by atomic mass is 10.1. The Labute approximate surface area is 214 Å². The third kappa shape index (κ3) is 7.00. The molecule has 200 valence electrons. The van der Waals surface area contributed by atoms with Gasteiger partial charge in [0.25, 0.3) is 0 Å². The van der Waals surface area contributed by atoms with Gasteiger partial charge in [-0.15, -0.1) is 0 Å². The maximum atomic E-state index is 14.0. The van der Waals surface area contributed by atoms with E-state index >= 15 is 0 Å². The van der Waals surface area contributed by atoms with Gasteiger partial charge in [-0.2, -0.15) is 5.26 Å². The molecule has 0 radical (unpaired) electrons. The number of benzene rings is 2. The minimum absolute atomic E-state index is 0.0536. The molecule has 2 heterocycles. The smallest absolute Gasteiger partial charge is 0.240 e. The standard InChI is InChI=1S/C25H29F3N4O4S/c26-11-18-2-4-25(20(9-18)12-27)37(33,34)30-5-6-31-14-21-16-32(17-22(15-31)36-21)7-8-35-24-3-1-19(13-29)10-23(24)28/h1-4,9-10,21-22,30H,5-8,11-12,14-17H2. The maximum absolute atomic E-state index is 14.0. The number of morpholine rings is 2. The highest BCUT2D eigenvalue weighted by atomic mass is 32.2. The Hall–Kier alpha value is -2.69. The molecular formula is C25H29F3N4O4S. The average Bonchev–Trinajstić information content (AvgIpc) is 2.88. The molecule has 37 heavy (non-hydrogen) atoms. The Morgan fingerprint density at radius 1 is 1.03 bits per heavy atom. The molecule has 0 amide bonds. The van der Waals surface area contributed by atoms with Gasteiger partial charge in [0.15, 0.2) is 11.6 Å². The molecule has 4 rings (SSSR count). The quantitative estimate of drug-likeness (QED) is 0.470. The van der Waals surface area contributed by atoms with E-state index in [0.29, 0.717) is 45.9 Å². The fourth-order valence-corrected chi connectivity index (χ4v) is 5.92. The largest absolute Gasteiger partial charge is 0.489 e. The molecule has 2 aliphatic rings. The number of ether oxygens (including phenoxy) is 2. The molecule has 2 fully saturated rings. The van der Waals surface area contributed by atoms with E-state index in [1.54, 1.807) is 0 Å². The number of fused-ring (bicyclic) bond motifs is 2. The van der Waals surface area contributed by atoms with Crippen LogP contribution in [0.5, 0.6) is 5.75 Å². The summed E-state index contributed by atoms with van der Waals surface area (Å²) in [5, 5.41) is 8.83. The van der Waals surface area contributed by atoms with Crippen molar-refractivity contribution in [1.29, 1.82) is 5.26 Å². The molecule has 2 aromatic rings. The molecule has 8 nitrogen and oxygen atoms in total. The highest BCUT2D eigenvalue weighted by Gasteiger charge is 2.34. The van der Waals surface area contributed by atoms with Crippen LogP contribution < -0.4 is 9.46 Å². The van der Waals surface area contributed by atoms with Crippen LogP contribution in [0.15, 0.2) is 41.3 Å². The van der Waals surface area contributed by atoms with Crippen molar-refractivity contribution in [2.24, 2.45) is 0 Å². The van der Waals surface area contributed by atoms with Crippen LogP contribution in [-0.2, 0) is 28.1 Å². The van der Waals surface area contributed by atoms with E-state index in [1.165, 1.54) is 30.3 Å². The van der Waals surface area contributed by atoms with Gasteiger partial charge in [0, 0.05) is 51.4 Å². The van der Waals surface area contributed by atoms with Gasteiger partial charge in [-0.3, -0.25) is 9.80 Å². The van der Waals surface area contributed by atoms with Crippen molar-refractivity contribution in [2.45, 2.75) is 30.5 Å². The molecule has 0 aromatic heterocycles. The fourth-order valence-electron chi connectivity index (χ4n) is 4.70. The fraction of sp³-hybridized carbons (Fsp3) is 0.480. The second-order valence-corrected chi connectivity index (χ2v) is 10.8. The predicted molar refractivity (Wildman–Crippen MR) is 129 cm³/mol. The number of sulfonamides is 1. The van der Waals surface area contributed by atoms with Gasteiger partial charge in [-0.1, -0.05) is 6.07 Å². The van der Waals surface area contributed by atoms with Gasteiger partial charge >= 0.3 is 0 Å². The zero-order valence-corrected chi connectivity index (χ0v) is 21.0. The van der Waals surface area contributed by atoms with Crippen molar-refractivity contribution < 1.29 is 31.1 Å². The molecule has 0 spiro atoms. The minimum Gasteiger partial charge on any atom is -0.489 e. The first-order valence-electron chi connectivity index (χ1n) is 12.0. The van der Waals surface area contributed by atoms with E-state index in [0.717, 1.165) is 6.07 Å². The van der Waals surface area contributed by atoms with Crippen molar-refractivity contribution in [3.05, 3.63) is 58.9 Å². The average molecular weight is 539 g/mol. The normalized spacial score (nSPS) is 20.5. The molecule has 2 bridgehead atoms. The molecule has 2 aliphatic heterocycles. The summed E-state index contributed by atoms with van der Waals surface area (Å²) in [4.78, 5) is 4.15. The topological polar surface area (TPSA) is 94.9 Å². The van der Waals surface area contributed by atoms with Gasteiger partial charge < -0.3 is 9.47 Å².